The number of likely N-dealkylation sites (tertiary alicyclic amines) is 1. The molecule has 2 heterocycles. The van der Waals surface area contributed by atoms with E-state index in [9.17, 15) is 9.59 Å². The molecule has 2 aromatic carbocycles. The Hall–Kier alpha value is -3.06. The van der Waals surface area contributed by atoms with Crippen molar-refractivity contribution in [3.05, 3.63) is 53.6 Å². The molecular formula is C25H32N4O3. The molecule has 1 atom stereocenters. The minimum Gasteiger partial charge on any atom is -0.497 e. The number of anilines is 2. The van der Waals surface area contributed by atoms with Crippen LogP contribution in [0, 0.1) is 0 Å². The average molecular weight is 437 g/mol. The van der Waals surface area contributed by atoms with Gasteiger partial charge in [0.2, 0.25) is 0 Å². The van der Waals surface area contributed by atoms with Crippen molar-refractivity contribution < 1.29 is 14.3 Å². The first kappa shape index (κ1) is 22.1. The van der Waals surface area contributed by atoms with Crippen molar-refractivity contribution in [2.24, 2.45) is 0 Å². The molecular weight excluding hydrogens is 404 g/mol. The van der Waals surface area contributed by atoms with Gasteiger partial charge < -0.3 is 20.3 Å². The molecule has 2 aliphatic rings. The van der Waals surface area contributed by atoms with Gasteiger partial charge in [-0.15, -0.1) is 0 Å². The molecule has 1 unspecified atom stereocenters. The third kappa shape index (κ3) is 5.05. The summed E-state index contributed by atoms with van der Waals surface area (Å²) in [5, 5.41) is 5.51. The van der Waals surface area contributed by atoms with Crippen molar-refractivity contribution in [3.8, 4) is 5.75 Å². The van der Waals surface area contributed by atoms with Gasteiger partial charge in [-0.3, -0.25) is 14.5 Å². The molecule has 0 aliphatic carbocycles. The number of amides is 2. The maximum absolute atomic E-state index is 12.5. The minimum atomic E-state index is -0.664. The van der Waals surface area contributed by atoms with Crippen molar-refractivity contribution in [1.82, 2.24) is 10.2 Å². The highest BCUT2D eigenvalue weighted by Crippen LogP contribution is 2.31. The zero-order chi connectivity index (χ0) is 22.5. The summed E-state index contributed by atoms with van der Waals surface area (Å²) in [6, 6.07) is 13.6. The van der Waals surface area contributed by atoms with Gasteiger partial charge in [-0.05, 0) is 80.2 Å². The molecule has 4 rings (SSSR count). The van der Waals surface area contributed by atoms with E-state index in [2.05, 4.69) is 45.7 Å². The standard InChI is InChI=1S/C25H32N4O3/c1-28-13-5-6-18-16-19(7-12-22(18)28)23(29-14-3-4-15-29)17-26-24(30)25(31)27-20-8-10-21(32-2)11-9-20/h7-12,16,23H,3-6,13-15,17H2,1-2H3,(H,26,30)(H,27,31). The van der Waals surface area contributed by atoms with Gasteiger partial charge in [-0.2, -0.15) is 0 Å². The summed E-state index contributed by atoms with van der Waals surface area (Å²) < 4.78 is 5.12. The molecule has 0 spiro atoms. The van der Waals surface area contributed by atoms with Crippen molar-refractivity contribution in [1.29, 1.82) is 0 Å². The Labute approximate surface area is 189 Å². The van der Waals surface area contributed by atoms with Crippen molar-refractivity contribution >= 4 is 23.2 Å². The van der Waals surface area contributed by atoms with Crippen LogP contribution in [0.15, 0.2) is 42.5 Å². The van der Waals surface area contributed by atoms with Gasteiger partial charge in [0.1, 0.15) is 5.75 Å². The lowest BCUT2D eigenvalue weighted by Crippen LogP contribution is -2.41. The number of carbonyl (C=O) groups is 2. The van der Waals surface area contributed by atoms with Crippen LogP contribution in [0.3, 0.4) is 0 Å². The Morgan fingerprint density at radius 2 is 1.75 bits per heavy atom. The van der Waals surface area contributed by atoms with Crippen LogP contribution in [0.25, 0.3) is 0 Å². The quantitative estimate of drug-likeness (QED) is 0.681. The molecule has 170 valence electrons. The van der Waals surface area contributed by atoms with Crippen molar-refractivity contribution in [3.63, 3.8) is 0 Å². The summed E-state index contributed by atoms with van der Waals surface area (Å²) in [6.45, 7) is 3.51. The van der Waals surface area contributed by atoms with E-state index < -0.39 is 11.8 Å². The molecule has 0 bridgehead atoms. The number of hydrogen-bond acceptors (Lipinski definition) is 5. The number of nitrogens with zero attached hydrogens (tertiary/aromatic N) is 2. The van der Waals surface area contributed by atoms with Crippen LogP contribution >= 0.6 is 0 Å². The molecule has 2 N–H and O–H groups in total. The second-order valence-corrected chi connectivity index (χ2v) is 8.56. The SMILES string of the molecule is COc1ccc(NC(=O)C(=O)NCC(c2ccc3c(c2)CCCN3C)N2CCCC2)cc1. The van der Waals surface area contributed by atoms with Crippen LogP contribution in [0.4, 0.5) is 11.4 Å². The summed E-state index contributed by atoms with van der Waals surface area (Å²) in [5.41, 5.74) is 4.42. The highest BCUT2D eigenvalue weighted by atomic mass is 16.5. The molecule has 32 heavy (non-hydrogen) atoms. The fourth-order valence-electron chi connectivity index (χ4n) is 4.66. The van der Waals surface area contributed by atoms with Gasteiger partial charge >= 0.3 is 11.8 Å². The second kappa shape index (κ2) is 10.0. The first-order valence-electron chi connectivity index (χ1n) is 11.4. The van der Waals surface area contributed by atoms with Gasteiger partial charge in [-0.1, -0.05) is 12.1 Å². The first-order valence-corrected chi connectivity index (χ1v) is 11.4. The van der Waals surface area contributed by atoms with E-state index in [0.29, 0.717) is 18.0 Å². The molecule has 0 radical (unpaired) electrons. The van der Waals surface area contributed by atoms with Gasteiger partial charge in [0.25, 0.3) is 0 Å². The van der Waals surface area contributed by atoms with E-state index >= 15 is 0 Å². The van der Waals surface area contributed by atoms with E-state index in [1.54, 1.807) is 31.4 Å². The van der Waals surface area contributed by atoms with Crippen LogP contribution in [-0.4, -0.2) is 57.1 Å². The lowest BCUT2D eigenvalue weighted by atomic mass is 9.96. The number of benzene rings is 2. The minimum absolute atomic E-state index is 0.0627. The summed E-state index contributed by atoms with van der Waals surface area (Å²) in [5.74, 6) is -0.595. The van der Waals surface area contributed by atoms with E-state index in [0.717, 1.165) is 45.3 Å². The molecule has 2 aliphatic heterocycles. The summed E-state index contributed by atoms with van der Waals surface area (Å²) >= 11 is 0. The predicted octanol–water partition coefficient (Wildman–Crippen LogP) is 2.97. The summed E-state index contributed by atoms with van der Waals surface area (Å²) in [6.07, 6.45) is 4.56. The number of carbonyl (C=O) groups excluding carboxylic acids is 2. The maximum Gasteiger partial charge on any atom is 0.313 e. The fraction of sp³-hybridized carbons (Fsp3) is 0.440. The Kier molecular flexibility index (Phi) is 6.95. The molecule has 7 nitrogen and oxygen atoms in total. The largest absolute Gasteiger partial charge is 0.497 e. The topological polar surface area (TPSA) is 73.9 Å². The van der Waals surface area contributed by atoms with Crippen LogP contribution in [-0.2, 0) is 16.0 Å². The number of nitrogens with one attached hydrogen (secondary N) is 2. The number of fused-ring (bicyclic) bond motifs is 1. The van der Waals surface area contributed by atoms with Crippen LogP contribution in [0.5, 0.6) is 5.75 Å². The third-order valence-electron chi connectivity index (χ3n) is 6.43. The third-order valence-corrected chi connectivity index (χ3v) is 6.43. The predicted molar refractivity (Wildman–Crippen MR) is 126 cm³/mol. The smallest absolute Gasteiger partial charge is 0.313 e. The Morgan fingerprint density at radius 1 is 1.00 bits per heavy atom. The number of rotatable bonds is 6. The van der Waals surface area contributed by atoms with Crippen LogP contribution < -0.4 is 20.3 Å². The van der Waals surface area contributed by atoms with E-state index in [1.165, 1.54) is 16.8 Å². The van der Waals surface area contributed by atoms with Crippen molar-refractivity contribution in [2.75, 3.05) is 50.6 Å². The van der Waals surface area contributed by atoms with Gasteiger partial charge in [-0.25, -0.2) is 0 Å². The number of ether oxygens (including phenoxy) is 1. The van der Waals surface area contributed by atoms with Gasteiger partial charge in [0, 0.05) is 31.5 Å². The van der Waals surface area contributed by atoms with E-state index in [4.69, 9.17) is 4.74 Å². The monoisotopic (exact) mass is 436 g/mol. The molecule has 7 heteroatoms. The summed E-state index contributed by atoms with van der Waals surface area (Å²) in [4.78, 5) is 29.6. The fourth-order valence-corrected chi connectivity index (χ4v) is 4.66. The average Bonchev–Trinajstić information content (AvgIpc) is 3.34. The molecule has 2 amide bonds. The lowest BCUT2D eigenvalue weighted by Gasteiger charge is -2.31. The Morgan fingerprint density at radius 3 is 2.47 bits per heavy atom. The van der Waals surface area contributed by atoms with Crippen LogP contribution in [0.1, 0.15) is 36.4 Å². The Bertz CT molecular complexity index is 954. The normalized spacial score (nSPS) is 16.9. The zero-order valence-electron chi connectivity index (χ0n) is 18.9. The van der Waals surface area contributed by atoms with Crippen LogP contribution in [0.2, 0.25) is 0 Å². The molecule has 2 aromatic rings. The highest BCUT2D eigenvalue weighted by molar-refractivity contribution is 6.39. The highest BCUT2D eigenvalue weighted by Gasteiger charge is 2.26. The lowest BCUT2D eigenvalue weighted by molar-refractivity contribution is -0.136. The number of methoxy groups -OCH3 is 1. The van der Waals surface area contributed by atoms with Gasteiger partial charge in [0.05, 0.1) is 13.2 Å². The summed E-state index contributed by atoms with van der Waals surface area (Å²) in [7, 11) is 3.72. The first-order chi connectivity index (χ1) is 15.5. The Balaban J connectivity index is 1.42. The number of hydrogen-bond donors (Lipinski definition) is 2. The van der Waals surface area contributed by atoms with E-state index in [1.807, 2.05) is 0 Å². The van der Waals surface area contributed by atoms with Gasteiger partial charge in [0.15, 0.2) is 0 Å². The molecule has 0 aromatic heterocycles. The number of aryl methyl sites for hydroxylation is 1. The van der Waals surface area contributed by atoms with E-state index in [-0.39, 0.29) is 6.04 Å². The molecule has 0 saturated carbocycles. The molecule has 1 saturated heterocycles. The van der Waals surface area contributed by atoms with Crippen molar-refractivity contribution in [2.45, 2.75) is 31.7 Å². The second-order valence-electron chi connectivity index (χ2n) is 8.56. The maximum atomic E-state index is 12.5. The molecule has 1 fully saturated rings. The zero-order valence-corrected chi connectivity index (χ0v) is 18.9.